The van der Waals surface area contributed by atoms with E-state index in [0.29, 0.717) is 0 Å². The van der Waals surface area contributed by atoms with Crippen molar-refractivity contribution in [3.05, 3.63) is 48.2 Å². The molecule has 0 aliphatic carbocycles. The van der Waals surface area contributed by atoms with Crippen LogP contribution in [0.2, 0.25) is 5.02 Å². The summed E-state index contributed by atoms with van der Waals surface area (Å²) < 4.78 is 0.750. The number of fused-ring (bicyclic) bond motifs is 3. The van der Waals surface area contributed by atoms with E-state index >= 15 is 0 Å². The summed E-state index contributed by atoms with van der Waals surface area (Å²) in [6.07, 6.45) is 0. The summed E-state index contributed by atoms with van der Waals surface area (Å²) in [7, 11) is 0. The van der Waals surface area contributed by atoms with Crippen molar-refractivity contribution >= 4 is 33.8 Å². The minimum atomic E-state index is -0.726. The van der Waals surface area contributed by atoms with Crippen LogP contribution in [0.3, 0.4) is 0 Å². The van der Waals surface area contributed by atoms with E-state index in [4.69, 9.17) is 11.6 Å². The SMILES string of the molecule is O=c1[nH]nc2c3cc([N+](=O)[O-])c(Cl)cc3[nH]c(=O)n12. The number of H-pyrrole nitrogens is 2. The Bertz CT molecular complexity index is 953. The van der Waals surface area contributed by atoms with Crippen molar-refractivity contribution in [1.82, 2.24) is 19.6 Å². The van der Waals surface area contributed by atoms with Gasteiger partial charge in [-0.3, -0.25) is 10.1 Å². The maximum atomic E-state index is 11.7. The lowest BCUT2D eigenvalue weighted by atomic mass is 10.2. The Morgan fingerprint density at radius 3 is 2.74 bits per heavy atom. The van der Waals surface area contributed by atoms with E-state index in [0.717, 1.165) is 10.5 Å². The normalized spacial score (nSPS) is 11.2. The third kappa shape index (κ3) is 1.52. The van der Waals surface area contributed by atoms with Crippen LogP contribution in [0.25, 0.3) is 16.6 Å². The number of hydrogen-bond acceptors (Lipinski definition) is 5. The van der Waals surface area contributed by atoms with Gasteiger partial charge in [0.2, 0.25) is 0 Å². The zero-order chi connectivity index (χ0) is 13.7. The van der Waals surface area contributed by atoms with E-state index in [1.165, 1.54) is 6.07 Å². The fraction of sp³-hybridized carbons (Fsp3) is 0. The van der Waals surface area contributed by atoms with Crippen LogP contribution in [0.1, 0.15) is 0 Å². The number of nitrogens with zero attached hydrogens (tertiary/aromatic N) is 3. The molecule has 1 aromatic carbocycles. The molecule has 2 aromatic heterocycles. The van der Waals surface area contributed by atoms with Crippen LogP contribution in [0.4, 0.5) is 5.69 Å². The van der Waals surface area contributed by atoms with E-state index in [1.54, 1.807) is 0 Å². The number of aromatic nitrogens is 4. The van der Waals surface area contributed by atoms with E-state index in [2.05, 4.69) is 15.2 Å². The average Bonchev–Trinajstić information content (AvgIpc) is 2.71. The fourth-order valence-electron chi connectivity index (χ4n) is 1.83. The van der Waals surface area contributed by atoms with Crippen LogP contribution in [0.15, 0.2) is 21.7 Å². The third-order valence-electron chi connectivity index (χ3n) is 2.64. The van der Waals surface area contributed by atoms with Gasteiger partial charge in [-0.25, -0.2) is 14.7 Å². The first-order valence-corrected chi connectivity index (χ1v) is 5.34. The number of halogens is 1. The summed E-state index contributed by atoms with van der Waals surface area (Å²) >= 11 is 5.75. The average molecular weight is 282 g/mol. The van der Waals surface area contributed by atoms with Gasteiger partial charge in [-0.05, 0) is 6.07 Å². The highest BCUT2D eigenvalue weighted by Crippen LogP contribution is 2.29. The summed E-state index contributed by atoms with van der Waals surface area (Å²) in [6, 6.07) is 2.40. The maximum absolute atomic E-state index is 11.7. The lowest BCUT2D eigenvalue weighted by Crippen LogP contribution is -2.26. The number of nitro benzene ring substituents is 1. The molecule has 0 saturated carbocycles. The number of hydrogen-bond donors (Lipinski definition) is 2. The molecular weight excluding hydrogens is 278 g/mol. The molecule has 0 unspecified atom stereocenters. The Kier molecular flexibility index (Phi) is 2.20. The molecular formula is C9H4ClN5O4. The van der Waals surface area contributed by atoms with Gasteiger partial charge in [0, 0.05) is 6.07 Å². The second-order valence-corrected chi connectivity index (χ2v) is 4.13. The van der Waals surface area contributed by atoms with Crippen molar-refractivity contribution in [3.63, 3.8) is 0 Å². The largest absolute Gasteiger partial charge is 0.351 e. The number of aromatic amines is 2. The summed E-state index contributed by atoms with van der Waals surface area (Å²) in [4.78, 5) is 35.6. The molecule has 0 atom stereocenters. The van der Waals surface area contributed by atoms with Gasteiger partial charge in [0.25, 0.3) is 5.69 Å². The summed E-state index contributed by atoms with van der Waals surface area (Å²) in [5, 5.41) is 16.7. The minimum absolute atomic E-state index is 0.00326. The van der Waals surface area contributed by atoms with Crippen LogP contribution < -0.4 is 11.4 Å². The van der Waals surface area contributed by atoms with Crippen molar-refractivity contribution in [1.29, 1.82) is 0 Å². The number of benzene rings is 1. The van der Waals surface area contributed by atoms with E-state index in [-0.39, 0.29) is 27.3 Å². The molecule has 0 aliphatic heterocycles. The maximum Gasteiger partial charge on any atom is 0.351 e. The van der Waals surface area contributed by atoms with Gasteiger partial charge in [0.05, 0.1) is 15.8 Å². The molecule has 2 heterocycles. The van der Waals surface area contributed by atoms with Crippen LogP contribution in [0, 0.1) is 10.1 Å². The first kappa shape index (κ1) is 11.4. The topological polar surface area (TPSA) is 126 Å². The number of nitro groups is 1. The molecule has 3 rings (SSSR count). The summed E-state index contributed by atoms with van der Waals surface area (Å²) in [5.41, 5.74) is -1.50. The van der Waals surface area contributed by atoms with Gasteiger partial charge in [0.15, 0.2) is 5.65 Å². The first-order chi connectivity index (χ1) is 8.99. The van der Waals surface area contributed by atoms with Gasteiger partial charge < -0.3 is 4.98 Å². The Labute approximate surface area is 107 Å². The van der Waals surface area contributed by atoms with Crippen molar-refractivity contribution in [3.8, 4) is 0 Å². The molecule has 9 nitrogen and oxygen atoms in total. The number of nitrogens with one attached hydrogen (secondary N) is 2. The molecule has 0 saturated heterocycles. The molecule has 96 valence electrons. The molecule has 0 bridgehead atoms. The monoisotopic (exact) mass is 281 g/mol. The number of rotatable bonds is 1. The van der Waals surface area contributed by atoms with Gasteiger partial charge in [-0.1, -0.05) is 11.6 Å². The highest BCUT2D eigenvalue weighted by Gasteiger charge is 2.17. The zero-order valence-electron chi connectivity index (χ0n) is 9.01. The predicted molar refractivity (Wildman–Crippen MR) is 65.6 cm³/mol. The van der Waals surface area contributed by atoms with Crippen molar-refractivity contribution in [2.24, 2.45) is 0 Å². The van der Waals surface area contributed by atoms with Crippen molar-refractivity contribution < 1.29 is 4.92 Å². The van der Waals surface area contributed by atoms with Gasteiger partial charge in [-0.2, -0.15) is 9.50 Å². The second-order valence-electron chi connectivity index (χ2n) is 3.72. The molecule has 3 aromatic rings. The van der Waals surface area contributed by atoms with E-state index in [9.17, 15) is 19.7 Å². The lowest BCUT2D eigenvalue weighted by molar-refractivity contribution is -0.384. The Morgan fingerprint density at radius 1 is 1.32 bits per heavy atom. The van der Waals surface area contributed by atoms with Crippen LogP contribution in [-0.4, -0.2) is 24.5 Å². The standard InChI is InChI=1S/C9H4ClN5O4/c10-4-2-5-3(1-6(4)15(18)19)7-12-13-9(17)14(7)8(16)11-5/h1-2H,(H,11,16)(H,13,17). The Morgan fingerprint density at radius 2 is 2.05 bits per heavy atom. The lowest BCUT2D eigenvalue weighted by Gasteiger charge is -2.01. The van der Waals surface area contributed by atoms with E-state index < -0.39 is 16.3 Å². The molecule has 19 heavy (non-hydrogen) atoms. The summed E-state index contributed by atoms with van der Waals surface area (Å²) in [5.74, 6) is 0. The molecule has 0 radical (unpaired) electrons. The van der Waals surface area contributed by atoms with E-state index in [1.807, 2.05) is 0 Å². The molecule has 10 heteroatoms. The summed E-state index contributed by atoms with van der Waals surface area (Å²) in [6.45, 7) is 0. The third-order valence-corrected chi connectivity index (χ3v) is 2.94. The van der Waals surface area contributed by atoms with Crippen LogP contribution >= 0.6 is 11.6 Å². The zero-order valence-corrected chi connectivity index (χ0v) is 9.76. The smallest absolute Gasteiger partial charge is 0.306 e. The molecule has 0 aliphatic rings. The molecule has 0 fully saturated rings. The Hall–Kier alpha value is -2.68. The predicted octanol–water partition coefficient (Wildman–Crippen LogP) is 0.426. The quantitative estimate of drug-likeness (QED) is 0.494. The van der Waals surface area contributed by atoms with Crippen molar-refractivity contribution in [2.75, 3.05) is 0 Å². The van der Waals surface area contributed by atoms with Gasteiger partial charge in [-0.15, -0.1) is 0 Å². The highest BCUT2D eigenvalue weighted by atomic mass is 35.5. The molecule has 2 N–H and O–H groups in total. The van der Waals surface area contributed by atoms with Crippen molar-refractivity contribution in [2.45, 2.75) is 0 Å². The van der Waals surface area contributed by atoms with Crippen LogP contribution in [0.5, 0.6) is 0 Å². The first-order valence-electron chi connectivity index (χ1n) is 4.96. The highest BCUT2D eigenvalue weighted by molar-refractivity contribution is 6.33. The fourth-order valence-corrected chi connectivity index (χ4v) is 2.06. The molecule has 0 amide bonds. The van der Waals surface area contributed by atoms with Gasteiger partial charge >= 0.3 is 11.4 Å². The van der Waals surface area contributed by atoms with Crippen LogP contribution in [-0.2, 0) is 0 Å². The molecule has 0 spiro atoms. The minimum Gasteiger partial charge on any atom is -0.306 e. The van der Waals surface area contributed by atoms with Gasteiger partial charge in [0.1, 0.15) is 5.02 Å². The second kappa shape index (κ2) is 3.65. The Balaban J connectivity index is 2.61.